The fourth-order valence-electron chi connectivity index (χ4n) is 2.84. The van der Waals surface area contributed by atoms with Crippen molar-refractivity contribution in [1.82, 2.24) is 4.98 Å². The summed E-state index contributed by atoms with van der Waals surface area (Å²) in [6.07, 6.45) is 0. The van der Waals surface area contributed by atoms with Crippen molar-refractivity contribution in [3.63, 3.8) is 0 Å². The van der Waals surface area contributed by atoms with Gasteiger partial charge in [-0.2, -0.15) is 0 Å². The molecule has 0 bridgehead atoms. The molecule has 0 atom stereocenters. The molecule has 2 aromatic carbocycles. The lowest BCUT2D eigenvalue weighted by molar-refractivity contribution is 0.327. The molecule has 0 fully saturated rings. The zero-order chi connectivity index (χ0) is 18.0. The smallest absolute Gasteiger partial charge is 0.204 e. The molecule has 0 aliphatic heterocycles. The average Bonchev–Trinajstić information content (AvgIpc) is 2.65. The van der Waals surface area contributed by atoms with Crippen LogP contribution in [0.2, 0.25) is 0 Å². The Morgan fingerprint density at radius 1 is 0.800 bits per heavy atom. The molecular weight excluding hydrogens is 316 g/mol. The van der Waals surface area contributed by atoms with Gasteiger partial charge in [0.15, 0.2) is 11.5 Å². The van der Waals surface area contributed by atoms with Crippen LogP contribution in [0.25, 0.3) is 22.2 Å². The van der Waals surface area contributed by atoms with Crippen LogP contribution in [-0.2, 0) is 0 Å². The molecule has 0 saturated carbocycles. The summed E-state index contributed by atoms with van der Waals surface area (Å²) in [5.74, 6) is 1.79. The van der Waals surface area contributed by atoms with Gasteiger partial charge in [-0.3, -0.25) is 0 Å². The molecule has 0 spiro atoms. The van der Waals surface area contributed by atoms with Gasteiger partial charge in [0.05, 0.1) is 32.5 Å². The van der Waals surface area contributed by atoms with E-state index in [2.05, 4.69) is 29.2 Å². The molecular formula is C20H22N2O3. The Morgan fingerprint density at radius 3 is 2.04 bits per heavy atom. The lowest BCUT2D eigenvalue weighted by Gasteiger charge is -2.15. The molecule has 0 amide bonds. The number of anilines is 1. The van der Waals surface area contributed by atoms with Crippen LogP contribution >= 0.6 is 0 Å². The number of aromatic nitrogens is 1. The van der Waals surface area contributed by atoms with Crippen molar-refractivity contribution < 1.29 is 14.2 Å². The number of methoxy groups -OCH3 is 3. The quantitative estimate of drug-likeness (QED) is 0.704. The molecule has 3 rings (SSSR count). The number of hydrogen-bond donors (Lipinski definition) is 0. The molecule has 0 saturated heterocycles. The van der Waals surface area contributed by atoms with Gasteiger partial charge in [-0.15, -0.1) is 0 Å². The molecule has 5 nitrogen and oxygen atoms in total. The van der Waals surface area contributed by atoms with Crippen molar-refractivity contribution in [2.24, 2.45) is 0 Å². The Balaban J connectivity index is 2.13. The van der Waals surface area contributed by atoms with Crippen LogP contribution < -0.4 is 19.1 Å². The SMILES string of the molecule is COc1cc2nc(-c3ccc(N(C)C)cc3)ccc2c(OC)c1OC. The van der Waals surface area contributed by atoms with Crippen molar-refractivity contribution in [2.75, 3.05) is 40.3 Å². The molecule has 0 aliphatic carbocycles. The second-order valence-electron chi connectivity index (χ2n) is 5.85. The fraction of sp³-hybridized carbons (Fsp3) is 0.250. The minimum atomic E-state index is 0.572. The monoisotopic (exact) mass is 338 g/mol. The molecule has 25 heavy (non-hydrogen) atoms. The highest BCUT2D eigenvalue weighted by Crippen LogP contribution is 2.43. The summed E-state index contributed by atoms with van der Waals surface area (Å²) in [5.41, 5.74) is 3.90. The number of rotatable bonds is 5. The van der Waals surface area contributed by atoms with Gasteiger partial charge in [0, 0.05) is 36.8 Å². The van der Waals surface area contributed by atoms with E-state index in [0.717, 1.165) is 27.8 Å². The molecule has 0 aliphatic rings. The average molecular weight is 338 g/mol. The normalized spacial score (nSPS) is 10.6. The highest BCUT2D eigenvalue weighted by molar-refractivity contribution is 5.92. The highest BCUT2D eigenvalue weighted by Gasteiger charge is 2.17. The third-order valence-corrected chi connectivity index (χ3v) is 4.17. The van der Waals surface area contributed by atoms with E-state index in [-0.39, 0.29) is 0 Å². The Labute approximate surface area is 147 Å². The molecule has 1 heterocycles. The minimum absolute atomic E-state index is 0.572. The lowest BCUT2D eigenvalue weighted by atomic mass is 10.1. The molecule has 5 heteroatoms. The number of pyridine rings is 1. The molecule has 1 aromatic heterocycles. The van der Waals surface area contributed by atoms with Crippen LogP contribution in [0.4, 0.5) is 5.69 Å². The maximum Gasteiger partial charge on any atom is 0.204 e. The van der Waals surface area contributed by atoms with Gasteiger partial charge in [-0.05, 0) is 24.3 Å². The molecule has 0 unspecified atom stereocenters. The van der Waals surface area contributed by atoms with E-state index in [4.69, 9.17) is 19.2 Å². The van der Waals surface area contributed by atoms with E-state index in [9.17, 15) is 0 Å². The Kier molecular flexibility index (Phi) is 4.65. The van der Waals surface area contributed by atoms with E-state index in [1.54, 1.807) is 21.3 Å². The Morgan fingerprint density at radius 2 is 1.48 bits per heavy atom. The number of hydrogen-bond acceptors (Lipinski definition) is 5. The first-order valence-corrected chi connectivity index (χ1v) is 7.96. The summed E-state index contributed by atoms with van der Waals surface area (Å²) in [6, 6.07) is 14.2. The zero-order valence-electron chi connectivity index (χ0n) is 15.2. The first-order chi connectivity index (χ1) is 12.1. The predicted octanol–water partition coefficient (Wildman–Crippen LogP) is 3.99. The first kappa shape index (κ1) is 16.9. The van der Waals surface area contributed by atoms with Crippen LogP contribution in [0.5, 0.6) is 17.2 Å². The van der Waals surface area contributed by atoms with Crippen molar-refractivity contribution in [2.45, 2.75) is 0 Å². The maximum atomic E-state index is 5.53. The van der Waals surface area contributed by atoms with Crippen LogP contribution in [0, 0.1) is 0 Å². The highest BCUT2D eigenvalue weighted by atomic mass is 16.5. The summed E-state index contributed by atoms with van der Waals surface area (Å²) in [6.45, 7) is 0. The minimum Gasteiger partial charge on any atom is -0.493 e. The topological polar surface area (TPSA) is 43.8 Å². The van der Waals surface area contributed by atoms with Gasteiger partial charge in [0.25, 0.3) is 0 Å². The van der Waals surface area contributed by atoms with Gasteiger partial charge >= 0.3 is 0 Å². The van der Waals surface area contributed by atoms with Gasteiger partial charge in [-0.1, -0.05) is 12.1 Å². The van der Waals surface area contributed by atoms with Crippen LogP contribution in [0.15, 0.2) is 42.5 Å². The summed E-state index contributed by atoms with van der Waals surface area (Å²) in [4.78, 5) is 6.85. The van der Waals surface area contributed by atoms with Gasteiger partial charge in [0.2, 0.25) is 5.75 Å². The summed E-state index contributed by atoms with van der Waals surface area (Å²) < 4.78 is 16.4. The lowest BCUT2D eigenvalue weighted by Crippen LogP contribution is -2.07. The van der Waals surface area contributed by atoms with Gasteiger partial charge in [-0.25, -0.2) is 4.98 Å². The van der Waals surface area contributed by atoms with E-state index in [1.165, 1.54) is 0 Å². The second-order valence-corrected chi connectivity index (χ2v) is 5.85. The van der Waals surface area contributed by atoms with E-state index < -0.39 is 0 Å². The first-order valence-electron chi connectivity index (χ1n) is 7.96. The molecule has 0 radical (unpaired) electrons. The standard InChI is InChI=1S/C20H22N2O3/c1-22(2)14-8-6-13(7-9-14)16-11-10-15-17(21-16)12-18(23-3)20(25-5)19(15)24-4/h6-12H,1-5H3. The predicted molar refractivity (Wildman–Crippen MR) is 101 cm³/mol. The van der Waals surface area contributed by atoms with Gasteiger partial charge in [0.1, 0.15) is 0 Å². The van der Waals surface area contributed by atoms with E-state index in [1.807, 2.05) is 32.3 Å². The number of nitrogens with zero attached hydrogens (tertiary/aromatic N) is 2. The third kappa shape index (κ3) is 3.05. The van der Waals surface area contributed by atoms with Gasteiger partial charge < -0.3 is 19.1 Å². The van der Waals surface area contributed by atoms with Crippen LogP contribution in [0.3, 0.4) is 0 Å². The van der Waals surface area contributed by atoms with Crippen LogP contribution in [-0.4, -0.2) is 40.4 Å². The van der Waals surface area contributed by atoms with Crippen molar-refractivity contribution in [3.05, 3.63) is 42.5 Å². The fourth-order valence-corrected chi connectivity index (χ4v) is 2.84. The summed E-state index contributed by atoms with van der Waals surface area (Å²) in [5, 5.41) is 0.883. The Hall–Kier alpha value is -2.95. The Bertz CT molecular complexity index is 890. The molecule has 130 valence electrons. The zero-order valence-corrected chi connectivity index (χ0v) is 15.2. The van der Waals surface area contributed by atoms with Crippen molar-refractivity contribution in [3.8, 4) is 28.5 Å². The summed E-state index contributed by atoms with van der Waals surface area (Å²) >= 11 is 0. The third-order valence-electron chi connectivity index (χ3n) is 4.17. The van der Waals surface area contributed by atoms with Crippen molar-refractivity contribution in [1.29, 1.82) is 0 Å². The largest absolute Gasteiger partial charge is 0.493 e. The van der Waals surface area contributed by atoms with Crippen LogP contribution in [0.1, 0.15) is 0 Å². The maximum absolute atomic E-state index is 5.53. The number of ether oxygens (including phenoxy) is 3. The van der Waals surface area contributed by atoms with E-state index >= 15 is 0 Å². The van der Waals surface area contributed by atoms with E-state index in [0.29, 0.717) is 17.2 Å². The second kappa shape index (κ2) is 6.89. The number of benzene rings is 2. The molecule has 3 aromatic rings. The summed E-state index contributed by atoms with van der Waals surface area (Å²) in [7, 11) is 8.86. The van der Waals surface area contributed by atoms with Crippen molar-refractivity contribution >= 4 is 16.6 Å². The molecule has 0 N–H and O–H groups in total. The number of fused-ring (bicyclic) bond motifs is 1.